The zero-order valence-corrected chi connectivity index (χ0v) is 14.0. The Bertz CT molecular complexity index is 641. The van der Waals surface area contributed by atoms with E-state index < -0.39 is 5.54 Å². The van der Waals surface area contributed by atoms with Crippen molar-refractivity contribution >= 4 is 5.78 Å². The maximum absolute atomic E-state index is 12.7. The van der Waals surface area contributed by atoms with Gasteiger partial charge in [-0.15, -0.1) is 0 Å². The van der Waals surface area contributed by atoms with Crippen LogP contribution in [-0.2, 0) is 10.3 Å². The molecule has 0 radical (unpaired) electrons. The first-order chi connectivity index (χ1) is 11.8. The molecular weight excluding hydrogens is 298 g/mol. The summed E-state index contributed by atoms with van der Waals surface area (Å²) in [6, 6.07) is 20.0. The summed E-state index contributed by atoms with van der Waals surface area (Å²) in [5.41, 5.74) is 0.588. The van der Waals surface area contributed by atoms with Crippen LogP contribution in [0.1, 0.15) is 37.7 Å². The topological polar surface area (TPSA) is 38.3 Å². The fraction of sp³-hybridized carbons (Fsp3) is 0.381. The Labute approximate surface area is 144 Å². The zero-order valence-electron chi connectivity index (χ0n) is 14.0. The van der Waals surface area contributed by atoms with E-state index in [9.17, 15) is 4.79 Å². The molecule has 0 bridgehead atoms. The molecule has 1 fully saturated rings. The van der Waals surface area contributed by atoms with Crippen LogP contribution < -0.4 is 10.1 Å². The molecule has 0 aliphatic heterocycles. The summed E-state index contributed by atoms with van der Waals surface area (Å²) in [6.45, 7) is 1.42. The van der Waals surface area contributed by atoms with Gasteiger partial charge in [0.2, 0.25) is 0 Å². The maximum atomic E-state index is 12.7. The molecule has 3 nitrogen and oxygen atoms in total. The van der Waals surface area contributed by atoms with Crippen molar-refractivity contribution in [1.82, 2.24) is 5.32 Å². The highest BCUT2D eigenvalue weighted by Gasteiger charge is 2.40. The molecule has 0 spiro atoms. The number of rotatable bonds is 7. The summed E-state index contributed by atoms with van der Waals surface area (Å²) in [5.74, 6) is 1.22. The van der Waals surface area contributed by atoms with Crippen molar-refractivity contribution in [2.45, 2.75) is 37.6 Å². The van der Waals surface area contributed by atoms with E-state index in [1.165, 1.54) is 0 Å². The van der Waals surface area contributed by atoms with Crippen LogP contribution in [0.3, 0.4) is 0 Å². The van der Waals surface area contributed by atoms with Gasteiger partial charge in [0.05, 0.1) is 6.61 Å². The van der Waals surface area contributed by atoms with Crippen molar-refractivity contribution in [1.29, 1.82) is 0 Å². The number of ketones is 1. The van der Waals surface area contributed by atoms with Crippen molar-refractivity contribution in [3.8, 4) is 5.75 Å². The normalized spacial score (nSPS) is 20.8. The van der Waals surface area contributed by atoms with Crippen LogP contribution in [0.2, 0.25) is 0 Å². The second kappa shape index (κ2) is 8.11. The molecule has 2 aromatic carbocycles. The van der Waals surface area contributed by atoms with Gasteiger partial charge in [0.25, 0.3) is 0 Å². The van der Waals surface area contributed by atoms with Gasteiger partial charge in [-0.25, -0.2) is 0 Å². The fourth-order valence-corrected chi connectivity index (χ4v) is 3.43. The van der Waals surface area contributed by atoms with Crippen LogP contribution in [0.4, 0.5) is 0 Å². The molecule has 126 valence electrons. The molecule has 1 atom stereocenters. The Hall–Kier alpha value is -2.13. The second-order valence-corrected chi connectivity index (χ2v) is 6.34. The molecule has 1 aliphatic carbocycles. The molecule has 1 N–H and O–H groups in total. The Morgan fingerprint density at radius 2 is 1.67 bits per heavy atom. The Balaban J connectivity index is 1.58. The summed E-state index contributed by atoms with van der Waals surface area (Å²) in [5, 5.41) is 3.56. The van der Waals surface area contributed by atoms with Gasteiger partial charge in [0.15, 0.2) is 5.78 Å². The van der Waals surface area contributed by atoms with E-state index in [4.69, 9.17) is 4.74 Å². The number of carbonyl (C=O) groups excluding carboxylic acids is 1. The summed E-state index contributed by atoms with van der Waals surface area (Å²) in [6.07, 6.45) is 4.52. The zero-order chi connectivity index (χ0) is 16.7. The molecule has 0 amide bonds. The van der Waals surface area contributed by atoms with Gasteiger partial charge in [-0.2, -0.15) is 0 Å². The Morgan fingerprint density at radius 3 is 2.38 bits per heavy atom. The maximum Gasteiger partial charge on any atom is 0.157 e. The van der Waals surface area contributed by atoms with Crippen LogP contribution in [0.15, 0.2) is 60.7 Å². The third-order valence-corrected chi connectivity index (χ3v) is 4.71. The van der Waals surface area contributed by atoms with E-state index in [-0.39, 0.29) is 0 Å². The number of hydrogen-bond acceptors (Lipinski definition) is 3. The number of carbonyl (C=O) groups is 1. The predicted molar refractivity (Wildman–Crippen MR) is 96.2 cm³/mol. The molecule has 3 rings (SSSR count). The first kappa shape index (κ1) is 16.7. The van der Waals surface area contributed by atoms with Crippen LogP contribution in [0.25, 0.3) is 0 Å². The SMILES string of the molecule is O=C1CCCCC1(NCCCOc1ccccc1)c1ccccc1. The summed E-state index contributed by atoms with van der Waals surface area (Å²) in [4.78, 5) is 12.7. The van der Waals surface area contributed by atoms with Crippen molar-refractivity contribution in [2.24, 2.45) is 0 Å². The van der Waals surface area contributed by atoms with E-state index >= 15 is 0 Å². The van der Waals surface area contributed by atoms with Crippen LogP contribution in [0, 0.1) is 0 Å². The summed E-state index contributed by atoms with van der Waals surface area (Å²) in [7, 11) is 0. The minimum atomic E-state index is -0.508. The van der Waals surface area contributed by atoms with Crippen LogP contribution >= 0.6 is 0 Å². The Morgan fingerprint density at radius 1 is 0.958 bits per heavy atom. The lowest BCUT2D eigenvalue weighted by atomic mass is 9.75. The predicted octanol–water partition coefficient (Wildman–Crippen LogP) is 4.08. The average molecular weight is 323 g/mol. The highest BCUT2D eigenvalue weighted by molar-refractivity contribution is 5.90. The van der Waals surface area contributed by atoms with E-state index in [1.807, 2.05) is 48.5 Å². The van der Waals surface area contributed by atoms with Crippen LogP contribution in [-0.4, -0.2) is 18.9 Å². The van der Waals surface area contributed by atoms with Gasteiger partial charge >= 0.3 is 0 Å². The fourth-order valence-electron chi connectivity index (χ4n) is 3.43. The highest BCUT2D eigenvalue weighted by Crippen LogP contribution is 2.34. The van der Waals surface area contributed by atoms with Gasteiger partial charge in [-0.1, -0.05) is 55.0 Å². The van der Waals surface area contributed by atoms with Crippen molar-refractivity contribution < 1.29 is 9.53 Å². The minimum Gasteiger partial charge on any atom is -0.494 e. The standard InChI is InChI=1S/C21H25NO2/c23-20-14-7-8-15-21(20,18-10-3-1-4-11-18)22-16-9-17-24-19-12-5-2-6-13-19/h1-6,10-13,22H,7-9,14-17H2. The van der Waals surface area contributed by atoms with Gasteiger partial charge in [0, 0.05) is 6.42 Å². The van der Waals surface area contributed by atoms with Crippen molar-refractivity contribution in [3.63, 3.8) is 0 Å². The van der Waals surface area contributed by atoms with Gasteiger partial charge in [0.1, 0.15) is 11.3 Å². The molecule has 1 aliphatic rings. The third kappa shape index (κ3) is 3.85. The molecule has 2 aromatic rings. The summed E-state index contributed by atoms with van der Waals surface area (Å²) >= 11 is 0. The molecule has 24 heavy (non-hydrogen) atoms. The smallest absolute Gasteiger partial charge is 0.157 e. The third-order valence-electron chi connectivity index (χ3n) is 4.71. The number of para-hydroxylation sites is 1. The lowest BCUT2D eigenvalue weighted by molar-refractivity contribution is -0.128. The van der Waals surface area contributed by atoms with E-state index in [0.717, 1.165) is 43.5 Å². The highest BCUT2D eigenvalue weighted by atomic mass is 16.5. The number of ether oxygens (including phenoxy) is 1. The number of nitrogens with one attached hydrogen (secondary N) is 1. The monoisotopic (exact) mass is 323 g/mol. The summed E-state index contributed by atoms with van der Waals surface area (Å²) < 4.78 is 5.74. The quantitative estimate of drug-likeness (QED) is 0.780. The lowest BCUT2D eigenvalue weighted by Crippen LogP contribution is -2.51. The first-order valence-corrected chi connectivity index (χ1v) is 8.83. The average Bonchev–Trinajstić information content (AvgIpc) is 2.65. The Kier molecular flexibility index (Phi) is 5.65. The molecule has 0 saturated heterocycles. The van der Waals surface area contributed by atoms with Gasteiger partial charge < -0.3 is 10.1 Å². The van der Waals surface area contributed by atoms with Crippen molar-refractivity contribution in [3.05, 3.63) is 66.2 Å². The van der Waals surface area contributed by atoms with E-state index in [1.54, 1.807) is 0 Å². The molecule has 1 saturated carbocycles. The van der Waals surface area contributed by atoms with Gasteiger partial charge in [-0.05, 0) is 43.5 Å². The molecule has 0 aromatic heterocycles. The number of hydrogen-bond donors (Lipinski definition) is 1. The minimum absolute atomic E-state index is 0.323. The largest absolute Gasteiger partial charge is 0.494 e. The van der Waals surface area contributed by atoms with E-state index in [2.05, 4.69) is 17.4 Å². The molecule has 3 heteroatoms. The molecule has 1 unspecified atom stereocenters. The molecule has 0 heterocycles. The van der Waals surface area contributed by atoms with Crippen molar-refractivity contribution in [2.75, 3.05) is 13.2 Å². The number of benzene rings is 2. The first-order valence-electron chi connectivity index (χ1n) is 8.83. The van der Waals surface area contributed by atoms with Crippen LogP contribution in [0.5, 0.6) is 5.75 Å². The van der Waals surface area contributed by atoms with Gasteiger partial charge in [-0.3, -0.25) is 4.79 Å². The van der Waals surface area contributed by atoms with E-state index in [0.29, 0.717) is 18.8 Å². The lowest BCUT2D eigenvalue weighted by Gasteiger charge is -2.37. The second-order valence-electron chi connectivity index (χ2n) is 6.34. The molecular formula is C21H25NO2. The number of Topliss-reactive ketones (excluding diaryl/α,β-unsaturated/α-hetero) is 1.